The van der Waals surface area contributed by atoms with Crippen LogP contribution in [0.25, 0.3) is 0 Å². The van der Waals surface area contributed by atoms with Crippen molar-refractivity contribution in [3.63, 3.8) is 0 Å². The van der Waals surface area contributed by atoms with Gasteiger partial charge in [-0.3, -0.25) is 28.9 Å². The Kier molecular flexibility index (Phi) is 10.2. The van der Waals surface area contributed by atoms with E-state index in [0.717, 1.165) is 67.4 Å². The van der Waals surface area contributed by atoms with Gasteiger partial charge >= 0.3 is 17.9 Å². The first-order valence-corrected chi connectivity index (χ1v) is 18.2. The molecule has 53 heavy (non-hydrogen) atoms. The fourth-order valence-corrected chi connectivity index (χ4v) is 8.94. The molecule has 0 radical (unpaired) electrons. The summed E-state index contributed by atoms with van der Waals surface area (Å²) in [5, 5.41) is 47.6. The van der Waals surface area contributed by atoms with Crippen LogP contribution in [0.1, 0.15) is 41.9 Å². The van der Waals surface area contributed by atoms with Crippen LogP contribution in [-0.4, -0.2) is 137 Å². The monoisotopic (exact) mass is 775 g/mol. The van der Waals surface area contributed by atoms with Crippen LogP contribution in [0.4, 0.5) is 5.13 Å². The van der Waals surface area contributed by atoms with Gasteiger partial charge in [0.1, 0.15) is 35.0 Å². The zero-order valence-electron chi connectivity index (χ0n) is 27.8. The van der Waals surface area contributed by atoms with Gasteiger partial charge in [0.05, 0.1) is 26.1 Å². The Bertz CT molecular complexity index is 1990. The fraction of sp³-hybridized carbons (Fsp3) is 0.452. The smallest absolute Gasteiger partial charge is 0.352 e. The van der Waals surface area contributed by atoms with Crippen molar-refractivity contribution >= 4 is 69.6 Å². The van der Waals surface area contributed by atoms with Crippen molar-refractivity contribution in [2.75, 3.05) is 44.2 Å². The quantitative estimate of drug-likeness (QED) is 0.0491. The van der Waals surface area contributed by atoms with Crippen LogP contribution in [0.15, 0.2) is 38.9 Å². The van der Waals surface area contributed by atoms with E-state index in [9.17, 15) is 48.9 Å². The topological polar surface area (TPSA) is 304 Å². The maximum Gasteiger partial charge on any atom is 0.352 e. The molecule has 3 amide bonds. The third kappa shape index (κ3) is 7.55. The number of aliphatic carboxylic acids is 3. The molecule has 4 saturated heterocycles. The Labute approximate surface area is 307 Å². The largest absolute Gasteiger partial charge is 0.503 e. The van der Waals surface area contributed by atoms with Crippen LogP contribution in [0.2, 0.25) is 0 Å². The number of nitrogens with two attached hydrogens (primary N) is 1. The number of nitrogens with one attached hydrogen (secondary N) is 3. The van der Waals surface area contributed by atoms with Gasteiger partial charge in [-0.1, -0.05) is 5.16 Å². The standard InChI is InChI=1S/C31H34N8O12S2/c32-30-35-16(12-53-30)21(37-51-19(28(47)48)8-20(42)43)25(45)36-22-26(46)38-23(29(49)50)14(11-52-27(22)38)10-39-4-1-31(2-5-39,3-6-39)13-34-24(44)15-7-17(40)18(41)9-33-15/h7,9,12,19,22,27H,1-6,8,10-11,13H2,(H8-,32,33,34,35,36,37,40,41,42,43,44,45,47,48,49,50)/p+1/t19-,22+,27+,31?,39?/m0/s1. The molecular weight excluding hydrogens is 741 g/mol. The number of carbonyl (C=O) groups excluding carboxylic acids is 3. The summed E-state index contributed by atoms with van der Waals surface area (Å²) in [6.07, 6.45) is 0.472. The summed E-state index contributed by atoms with van der Waals surface area (Å²) >= 11 is 2.22. The number of thiazole rings is 1. The Balaban J connectivity index is 1.11. The average molecular weight is 776 g/mol. The Hall–Kier alpha value is -5.48. The second kappa shape index (κ2) is 14.5. The van der Waals surface area contributed by atoms with Gasteiger partial charge in [0.2, 0.25) is 11.5 Å². The van der Waals surface area contributed by atoms with Crippen LogP contribution < -0.4 is 21.8 Å². The molecule has 7 heterocycles. The summed E-state index contributed by atoms with van der Waals surface area (Å²) in [5.41, 5.74) is 4.67. The number of rotatable bonds is 14. The van der Waals surface area contributed by atoms with E-state index in [1.54, 1.807) is 0 Å². The highest BCUT2D eigenvalue weighted by atomic mass is 32.2. The van der Waals surface area contributed by atoms with Gasteiger partial charge in [0.25, 0.3) is 17.7 Å². The lowest BCUT2D eigenvalue weighted by atomic mass is 9.70. The normalized spacial score (nSPS) is 25.5. The molecule has 282 valence electrons. The van der Waals surface area contributed by atoms with Crippen molar-refractivity contribution in [3.8, 4) is 5.75 Å². The molecule has 22 heteroatoms. The highest BCUT2D eigenvalue weighted by Crippen LogP contribution is 2.46. The van der Waals surface area contributed by atoms with E-state index in [4.69, 9.17) is 15.7 Å². The van der Waals surface area contributed by atoms with Gasteiger partial charge in [0.15, 0.2) is 16.6 Å². The van der Waals surface area contributed by atoms with Gasteiger partial charge < -0.3 is 51.1 Å². The lowest BCUT2D eigenvalue weighted by molar-refractivity contribution is -0.941. The lowest BCUT2D eigenvalue weighted by Crippen LogP contribution is -2.71. The minimum Gasteiger partial charge on any atom is -0.503 e. The molecule has 2 bridgehead atoms. The summed E-state index contributed by atoms with van der Waals surface area (Å²) in [7, 11) is 0. The van der Waals surface area contributed by atoms with E-state index in [-0.39, 0.29) is 33.4 Å². The first kappa shape index (κ1) is 37.3. The molecule has 0 saturated carbocycles. The van der Waals surface area contributed by atoms with E-state index in [1.807, 2.05) is 0 Å². The highest BCUT2D eigenvalue weighted by Gasteiger charge is 2.56. The molecule has 20 nitrogen and oxygen atoms in total. The number of aromatic amines is 1. The summed E-state index contributed by atoms with van der Waals surface area (Å²) in [6, 6.07) is -0.137. The second-order valence-electron chi connectivity index (χ2n) is 13.4. The van der Waals surface area contributed by atoms with Crippen molar-refractivity contribution in [1.82, 2.24) is 25.5 Å². The number of pyridine rings is 1. The number of carbonyl (C=O) groups is 6. The number of hydrogen-bond donors (Lipinski definition) is 8. The number of nitrogen functional groups attached to an aromatic ring is 1. The predicted octanol–water partition coefficient (Wildman–Crippen LogP) is -1.06. The first-order valence-electron chi connectivity index (χ1n) is 16.3. The van der Waals surface area contributed by atoms with Crippen molar-refractivity contribution in [2.45, 2.75) is 43.2 Å². The molecule has 2 aromatic rings. The molecule has 3 atom stereocenters. The maximum atomic E-state index is 13.5. The number of carboxylic acid groups (broad SMARTS) is 3. The zero-order valence-corrected chi connectivity index (χ0v) is 29.4. The first-order chi connectivity index (χ1) is 25.1. The summed E-state index contributed by atoms with van der Waals surface area (Å²) in [5.74, 6) is -6.77. The van der Waals surface area contributed by atoms with Crippen molar-refractivity contribution in [2.24, 2.45) is 10.6 Å². The van der Waals surface area contributed by atoms with E-state index in [2.05, 4.69) is 25.8 Å². The zero-order chi connectivity index (χ0) is 38.2. The minimum atomic E-state index is -1.93. The molecular formula is C31H35N8O12S2+. The molecule has 0 aromatic carbocycles. The van der Waals surface area contributed by atoms with Gasteiger partial charge in [-0.15, -0.1) is 23.1 Å². The number of aromatic nitrogens is 2. The van der Waals surface area contributed by atoms with Crippen LogP contribution in [0, 0.1) is 5.41 Å². The number of carboxylic acids is 3. The van der Waals surface area contributed by atoms with Gasteiger partial charge in [0, 0.05) is 60.2 Å². The SMILES string of the molecule is Nc1nc(/C(=N/O[C@@H](CC(=O)O)C(=O)O)C(=O)N[C@@H]2C(=O)N3C(C(=O)O)=C(C[N+]45CCC(CNC(=O)c6cc(=O)c(O)c[nH]6)(CC4)CC5)CS[C@H]23)cs1. The second-order valence-corrected chi connectivity index (χ2v) is 15.4. The summed E-state index contributed by atoms with van der Waals surface area (Å²) in [4.78, 5) is 99.1. The fourth-order valence-electron chi connectivity index (χ4n) is 7.06. The number of anilines is 1. The number of thioether (sulfide) groups is 1. The minimum absolute atomic E-state index is 0.0359. The van der Waals surface area contributed by atoms with Crippen LogP contribution >= 0.6 is 23.1 Å². The highest BCUT2D eigenvalue weighted by molar-refractivity contribution is 8.00. The molecule has 0 spiro atoms. The Morgan fingerprint density at radius 2 is 1.85 bits per heavy atom. The number of hydrogen-bond acceptors (Lipinski definition) is 14. The van der Waals surface area contributed by atoms with E-state index < -0.39 is 76.5 Å². The number of H-pyrrole nitrogens is 1. The Morgan fingerprint density at radius 1 is 1.15 bits per heavy atom. The van der Waals surface area contributed by atoms with Crippen molar-refractivity contribution in [3.05, 3.63) is 50.5 Å². The van der Waals surface area contributed by atoms with Crippen molar-refractivity contribution in [1.29, 1.82) is 0 Å². The number of aromatic hydroxyl groups is 1. The third-order valence-corrected chi connectivity index (χ3v) is 12.1. The Morgan fingerprint density at radius 3 is 2.43 bits per heavy atom. The number of nitrogens with zero attached hydrogens (tertiary/aromatic N) is 4. The number of β-lactam (4-membered cyclic amide) rings is 1. The lowest BCUT2D eigenvalue weighted by Gasteiger charge is -2.56. The van der Waals surface area contributed by atoms with Crippen LogP contribution in [-0.2, 0) is 28.8 Å². The molecule has 4 fully saturated rings. The van der Waals surface area contributed by atoms with E-state index in [1.165, 1.54) is 17.1 Å². The third-order valence-electron chi connectivity index (χ3n) is 10.1. The molecule has 5 aliphatic heterocycles. The van der Waals surface area contributed by atoms with Crippen molar-refractivity contribution < 1.29 is 58.5 Å². The summed E-state index contributed by atoms with van der Waals surface area (Å²) in [6.45, 7) is 2.97. The van der Waals surface area contributed by atoms with Gasteiger partial charge in [-0.25, -0.2) is 14.6 Å². The average Bonchev–Trinajstić information content (AvgIpc) is 3.56. The van der Waals surface area contributed by atoms with Crippen LogP contribution in [0.5, 0.6) is 5.75 Å². The predicted molar refractivity (Wildman–Crippen MR) is 185 cm³/mol. The maximum absolute atomic E-state index is 13.5. The molecule has 7 rings (SSSR count). The summed E-state index contributed by atoms with van der Waals surface area (Å²) < 4.78 is 0.621. The molecule has 9 N–H and O–H groups in total. The number of oxime groups is 1. The molecule has 0 aliphatic carbocycles. The van der Waals surface area contributed by atoms with Gasteiger partial charge in [-0.05, 0) is 0 Å². The number of fused-ring (bicyclic) bond motifs is 4. The number of piperidine rings is 3. The van der Waals surface area contributed by atoms with Gasteiger partial charge in [-0.2, -0.15) is 0 Å². The van der Waals surface area contributed by atoms with E-state index >= 15 is 0 Å². The van der Waals surface area contributed by atoms with Crippen LogP contribution in [0.3, 0.4) is 0 Å². The molecule has 2 aromatic heterocycles. The number of quaternary nitrogens is 1. The molecule has 0 unspecified atom stereocenters. The molecule has 5 aliphatic rings. The number of amides is 3. The van der Waals surface area contributed by atoms with E-state index in [0.29, 0.717) is 23.1 Å².